The third-order valence-electron chi connectivity index (χ3n) is 5.28. The zero-order chi connectivity index (χ0) is 16.1. The Labute approximate surface area is 150 Å². The molecule has 0 spiro atoms. The van der Waals surface area contributed by atoms with Crippen LogP contribution in [0.1, 0.15) is 56.9 Å². The molecular weight excluding hydrogens is 327 g/mol. The Morgan fingerprint density at radius 1 is 1.04 bits per heavy atom. The predicted octanol–water partition coefficient (Wildman–Crippen LogP) is 3.71. The van der Waals surface area contributed by atoms with Crippen LogP contribution in [0.2, 0.25) is 0 Å². The van der Waals surface area contributed by atoms with Crippen LogP contribution < -0.4 is 10.6 Å². The van der Waals surface area contributed by atoms with E-state index in [9.17, 15) is 9.18 Å². The summed E-state index contributed by atoms with van der Waals surface area (Å²) in [7, 11) is 0. The number of hydrogen-bond donors (Lipinski definition) is 2. The Morgan fingerprint density at radius 2 is 1.67 bits per heavy atom. The molecule has 2 aliphatic rings. The van der Waals surface area contributed by atoms with Crippen LogP contribution in [-0.4, -0.2) is 25.0 Å². The van der Waals surface area contributed by atoms with Crippen molar-refractivity contribution in [2.24, 2.45) is 0 Å². The smallest absolute Gasteiger partial charge is 0.230 e. The molecule has 0 saturated heterocycles. The molecule has 0 aliphatic heterocycles. The molecule has 24 heavy (non-hydrogen) atoms. The van der Waals surface area contributed by atoms with Gasteiger partial charge in [-0.2, -0.15) is 0 Å². The molecule has 3 nitrogen and oxygen atoms in total. The minimum Gasteiger partial charge on any atom is -0.354 e. The number of carbonyl (C=O) groups excluding carboxylic acids is 1. The fraction of sp³-hybridized carbons (Fsp3) is 0.632. The maximum atomic E-state index is 13.0. The van der Waals surface area contributed by atoms with E-state index < -0.39 is 5.41 Å². The fourth-order valence-electron chi connectivity index (χ4n) is 3.65. The molecule has 0 bridgehead atoms. The highest BCUT2D eigenvalue weighted by atomic mass is 35.5. The average molecular weight is 355 g/mol. The van der Waals surface area contributed by atoms with Gasteiger partial charge in [0.2, 0.25) is 5.91 Å². The molecule has 134 valence electrons. The normalized spacial score (nSPS) is 19.9. The van der Waals surface area contributed by atoms with Crippen molar-refractivity contribution in [2.45, 2.75) is 62.8 Å². The number of carbonyl (C=O) groups is 1. The third kappa shape index (κ3) is 4.70. The molecular formula is C19H28ClFN2O. The van der Waals surface area contributed by atoms with Gasteiger partial charge >= 0.3 is 0 Å². The lowest BCUT2D eigenvalue weighted by atomic mass is 9.95. The summed E-state index contributed by atoms with van der Waals surface area (Å²) < 4.78 is 13.0. The summed E-state index contributed by atoms with van der Waals surface area (Å²) in [5.74, 6) is -0.163. The highest BCUT2D eigenvalue weighted by Crippen LogP contribution is 2.48. The van der Waals surface area contributed by atoms with Crippen molar-refractivity contribution >= 4 is 18.3 Å². The average Bonchev–Trinajstić information content (AvgIpc) is 3.37. The fourth-order valence-corrected chi connectivity index (χ4v) is 3.65. The molecule has 1 aromatic rings. The summed E-state index contributed by atoms with van der Waals surface area (Å²) in [6, 6.07) is 6.98. The summed E-state index contributed by atoms with van der Waals surface area (Å²) in [4.78, 5) is 12.5. The van der Waals surface area contributed by atoms with Gasteiger partial charge < -0.3 is 10.6 Å². The summed E-state index contributed by atoms with van der Waals surface area (Å²) >= 11 is 0. The summed E-state index contributed by atoms with van der Waals surface area (Å²) in [5, 5.41) is 6.63. The molecule has 2 fully saturated rings. The minimum atomic E-state index is -0.407. The van der Waals surface area contributed by atoms with Crippen LogP contribution in [0, 0.1) is 5.82 Å². The SMILES string of the molecule is Cl.O=C(NCCNC1CCCCCC1)C1(c2ccc(F)cc2)CC1. The van der Waals surface area contributed by atoms with Crippen molar-refractivity contribution in [3.05, 3.63) is 35.6 Å². The van der Waals surface area contributed by atoms with Crippen LogP contribution in [0.3, 0.4) is 0 Å². The second-order valence-corrected chi connectivity index (χ2v) is 6.99. The van der Waals surface area contributed by atoms with Gasteiger partial charge in [-0.15, -0.1) is 12.4 Å². The van der Waals surface area contributed by atoms with Gasteiger partial charge in [0.05, 0.1) is 5.41 Å². The molecule has 5 heteroatoms. The van der Waals surface area contributed by atoms with Crippen molar-refractivity contribution in [3.8, 4) is 0 Å². The van der Waals surface area contributed by atoms with Crippen molar-refractivity contribution in [1.82, 2.24) is 10.6 Å². The van der Waals surface area contributed by atoms with Crippen LogP contribution in [0.15, 0.2) is 24.3 Å². The van der Waals surface area contributed by atoms with Gasteiger partial charge in [-0.3, -0.25) is 4.79 Å². The Kier molecular flexibility index (Phi) is 7.05. The van der Waals surface area contributed by atoms with Crippen molar-refractivity contribution in [2.75, 3.05) is 13.1 Å². The zero-order valence-electron chi connectivity index (χ0n) is 14.2. The minimum absolute atomic E-state index is 0. The van der Waals surface area contributed by atoms with Crippen LogP contribution in [0.4, 0.5) is 4.39 Å². The lowest BCUT2D eigenvalue weighted by Gasteiger charge is -2.18. The van der Waals surface area contributed by atoms with E-state index in [0.29, 0.717) is 12.6 Å². The van der Waals surface area contributed by atoms with Gasteiger partial charge in [-0.1, -0.05) is 37.8 Å². The Bertz CT molecular complexity index is 523. The molecule has 0 unspecified atom stereocenters. The van der Waals surface area contributed by atoms with Gasteiger partial charge in [-0.05, 0) is 43.4 Å². The van der Waals surface area contributed by atoms with Gasteiger partial charge in [0.15, 0.2) is 0 Å². The number of hydrogen-bond acceptors (Lipinski definition) is 2. The molecule has 2 aliphatic carbocycles. The van der Waals surface area contributed by atoms with E-state index in [4.69, 9.17) is 0 Å². The number of halogens is 2. The standard InChI is InChI=1S/C19H27FN2O.ClH/c20-16-9-7-15(8-10-16)19(11-12-19)18(23)22-14-13-21-17-5-3-1-2-4-6-17;/h7-10,17,21H,1-6,11-14H2,(H,22,23);1H. The van der Waals surface area contributed by atoms with Gasteiger partial charge in [0.25, 0.3) is 0 Å². The lowest BCUT2D eigenvalue weighted by molar-refractivity contribution is -0.123. The molecule has 3 rings (SSSR count). The first kappa shape index (κ1) is 19.2. The highest BCUT2D eigenvalue weighted by molar-refractivity contribution is 5.91. The van der Waals surface area contributed by atoms with E-state index in [1.54, 1.807) is 12.1 Å². The Morgan fingerprint density at radius 3 is 2.25 bits per heavy atom. The second kappa shape index (κ2) is 8.82. The van der Waals surface area contributed by atoms with Crippen molar-refractivity contribution < 1.29 is 9.18 Å². The molecule has 1 aromatic carbocycles. The van der Waals surface area contributed by atoms with E-state index in [1.807, 2.05) is 0 Å². The van der Waals surface area contributed by atoms with Crippen LogP contribution in [0.5, 0.6) is 0 Å². The van der Waals surface area contributed by atoms with Gasteiger partial charge in [0.1, 0.15) is 5.82 Å². The summed E-state index contributed by atoms with van der Waals surface area (Å²) in [6.45, 7) is 1.49. The van der Waals surface area contributed by atoms with E-state index in [-0.39, 0.29) is 24.1 Å². The summed E-state index contributed by atoms with van der Waals surface area (Å²) in [5.41, 5.74) is 0.531. The second-order valence-electron chi connectivity index (χ2n) is 6.99. The first-order valence-corrected chi connectivity index (χ1v) is 8.98. The Balaban J connectivity index is 0.00000208. The zero-order valence-corrected chi connectivity index (χ0v) is 15.0. The first-order chi connectivity index (χ1) is 11.2. The van der Waals surface area contributed by atoms with Crippen LogP contribution in [-0.2, 0) is 10.2 Å². The quantitative estimate of drug-likeness (QED) is 0.604. The van der Waals surface area contributed by atoms with Crippen molar-refractivity contribution in [3.63, 3.8) is 0 Å². The number of benzene rings is 1. The molecule has 2 saturated carbocycles. The highest BCUT2D eigenvalue weighted by Gasteiger charge is 2.50. The van der Waals surface area contributed by atoms with Gasteiger partial charge in [0, 0.05) is 19.1 Å². The molecule has 0 aromatic heterocycles. The van der Waals surface area contributed by atoms with Crippen molar-refractivity contribution in [1.29, 1.82) is 0 Å². The molecule has 2 N–H and O–H groups in total. The monoisotopic (exact) mass is 354 g/mol. The third-order valence-corrected chi connectivity index (χ3v) is 5.28. The van der Waals surface area contributed by atoms with Crippen LogP contribution in [0.25, 0.3) is 0 Å². The number of rotatable bonds is 6. The molecule has 0 radical (unpaired) electrons. The first-order valence-electron chi connectivity index (χ1n) is 8.98. The largest absolute Gasteiger partial charge is 0.354 e. The maximum absolute atomic E-state index is 13.0. The number of nitrogens with one attached hydrogen (secondary N) is 2. The molecule has 0 heterocycles. The van der Waals surface area contributed by atoms with E-state index in [0.717, 1.165) is 24.9 Å². The molecule has 0 atom stereocenters. The Hall–Kier alpha value is -1.13. The topological polar surface area (TPSA) is 41.1 Å². The van der Waals surface area contributed by atoms with E-state index in [1.165, 1.54) is 50.7 Å². The molecule has 1 amide bonds. The number of amides is 1. The van der Waals surface area contributed by atoms with E-state index >= 15 is 0 Å². The van der Waals surface area contributed by atoms with Gasteiger partial charge in [-0.25, -0.2) is 4.39 Å². The summed E-state index contributed by atoms with van der Waals surface area (Å²) in [6.07, 6.45) is 9.58. The van der Waals surface area contributed by atoms with Crippen LogP contribution >= 0.6 is 12.4 Å². The predicted molar refractivity (Wildman–Crippen MR) is 97.1 cm³/mol. The van der Waals surface area contributed by atoms with E-state index in [2.05, 4.69) is 10.6 Å². The maximum Gasteiger partial charge on any atom is 0.230 e. The lowest BCUT2D eigenvalue weighted by Crippen LogP contribution is -2.40.